The van der Waals surface area contributed by atoms with E-state index in [1.807, 2.05) is 0 Å². The van der Waals surface area contributed by atoms with Crippen LogP contribution in [0.1, 0.15) is 16.8 Å². The molecule has 0 bridgehead atoms. The molecule has 0 spiro atoms. The first-order valence-corrected chi connectivity index (χ1v) is 6.07. The highest BCUT2D eigenvalue weighted by Gasteiger charge is 2.23. The number of hydrogen-bond acceptors (Lipinski definition) is 4. The van der Waals surface area contributed by atoms with Crippen molar-refractivity contribution in [2.24, 2.45) is 0 Å². The van der Waals surface area contributed by atoms with Gasteiger partial charge in [-0.15, -0.1) is 0 Å². The maximum atomic E-state index is 12.0. The summed E-state index contributed by atoms with van der Waals surface area (Å²) in [6.45, 7) is 0. The highest BCUT2D eigenvalue weighted by Crippen LogP contribution is 2.13. The van der Waals surface area contributed by atoms with E-state index in [1.54, 1.807) is 30.5 Å². The second kappa shape index (κ2) is 6.00. The number of rotatable bonds is 5. The zero-order valence-corrected chi connectivity index (χ0v) is 10.8. The molecule has 7 heteroatoms. The molecule has 1 amide bonds. The minimum Gasteiger partial charge on any atom is -0.481 e. The van der Waals surface area contributed by atoms with Crippen molar-refractivity contribution in [1.82, 2.24) is 10.3 Å². The smallest absolute Gasteiger partial charge is 0.326 e. The number of benzene rings is 1. The number of carbonyl (C=O) groups is 3. The van der Waals surface area contributed by atoms with Crippen molar-refractivity contribution >= 4 is 28.7 Å². The van der Waals surface area contributed by atoms with Crippen LogP contribution in [0.15, 0.2) is 36.5 Å². The van der Waals surface area contributed by atoms with Gasteiger partial charge in [0.25, 0.3) is 5.91 Å². The fourth-order valence-corrected chi connectivity index (χ4v) is 1.83. The van der Waals surface area contributed by atoms with Crippen molar-refractivity contribution in [3.63, 3.8) is 0 Å². The zero-order chi connectivity index (χ0) is 15.4. The fraction of sp³-hybridized carbons (Fsp3) is 0.143. The van der Waals surface area contributed by atoms with Crippen LogP contribution >= 0.6 is 0 Å². The normalized spacial score (nSPS) is 11.8. The molecular formula is C14H12N2O5. The molecule has 1 heterocycles. The Labute approximate surface area is 119 Å². The predicted molar refractivity (Wildman–Crippen MR) is 72.9 cm³/mol. The second-order valence-electron chi connectivity index (χ2n) is 4.37. The summed E-state index contributed by atoms with van der Waals surface area (Å²) in [6.07, 6.45) is 0.936. The van der Waals surface area contributed by atoms with Gasteiger partial charge in [-0.05, 0) is 24.3 Å². The minimum atomic E-state index is -1.47. The van der Waals surface area contributed by atoms with Crippen LogP contribution in [-0.4, -0.2) is 39.1 Å². The van der Waals surface area contributed by atoms with Gasteiger partial charge < -0.3 is 15.5 Å². The molecule has 2 aromatic rings. The molecule has 0 aliphatic carbocycles. The summed E-state index contributed by atoms with van der Waals surface area (Å²) in [5.41, 5.74) is 0.946. The van der Waals surface area contributed by atoms with Crippen LogP contribution in [0.5, 0.6) is 0 Å². The van der Waals surface area contributed by atoms with Crippen LogP contribution in [0.4, 0.5) is 0 Å². The van der Waals surface area contributed by atoms with Gasteiger partial charge in [0.1, 0.15) is 6.04 Å². The highest BCUT2D eigenvalue weighted by atomic mass is 16.4. The van der Waals surface area contributed by atoms with E-state index in [0.29, 0.717) is 5.52 Å². The average Bonchev–Trinajstić information content (AvgIpc) is 2.45. The first-order valence-electron chi connectivity index (χ1n) is 6.07. The van der Waals surface area contributed by atoms with Gasteiger partial charge >= 0.3 is 11.9 Å². The lowest BCUT2D eigenvalue weighted by molar-refractivity contribution is -0.145. The summed E-state index contributed by atoms with van der Waals surface area (Å²) in [7, 11) is 0. The van der Waals surface area contributed by atoms with Crippen molar-refractivity contribution < 1.29 is 24.6 Å². The lowest BCUT2D eigenvalue weighted by atomic mass is 10.1. The Kier molecular flexibility index (Phi) is 4.13. The summed E-state index contributed by atoms with van der Waals surface area (Å²) in [5, 5.41) is 20.5. The van der Waals surface area contributed by atoms with Crippen molar-refractivity contribution in [2.75, 3.05) is 0 Å². The second-order valence-corrected chi connectivity index (χ2v) is 4.37. The van der Waals surface area contributed by atoms with Gasteiger partial charge in [-0.1, -0.05) is 6.07 Å². The molecule has 1 aromatic heterocycles. The lowest BCUT2D eigenvalue weighted by Gasteiger charge is -2.12. The number of hydrogen-bond donors (Lipinski definition) is 3. The standard InChI is InChI=1S/C14H12N2O5/c17-12(18)7-11(14(20)21)16-13(19)9-3-4-10-8(6-9)2-1-5-15-10/h1-6,11H,7H2,(H,16,19)(H,17,18)(H,20,21)/t11-/m1/s1. The molecule has 3 N–H and O–H groups in total. The average molecular weight is 288 g/mol. The number of nitrogens with zero attached hydrogens (tertiary/aromatic N) is 1. The number of carboxylic acids is 2. The maximum absolute atomic E-state index is 12.0. The predicted octanol–water partition coefficient (Wildman–Crippen LogP) is 0.892. The van der Waals surface area contributed by atoms with E-state index < -0.39 is 30.3 Å². The highest BCUT2D eigenvalue weighted by molar-refractivity contribution is 6.00. The Bertz CT molecular complexity index is 713. The minimum absolute atomic E-state index is 0.243. The van der Waals surface area contributed by atoms with Gasteiger partial charge in [0.05, 0.1) is 11.9 Å². The Morgan fingerprint density at radius 3 is 2.62 bits per heavy atom. The molecule has 0 fully saturated rings. The van der Waals surface area contributed by atoms with E-state index in [9.17, 15) is 14.4 Å². The van der Waals surface area contributed by atoms with E-state index in [0.717, 1.165) is 5.39 Å². The van der Waals surface area contributed by atoms with Gasteiger partial charge in [-0.25, -0.2) is 4.79 Å². The molecule has 21 heavy (non-hydrogen) atoms. The zero-order valence-electron chi connectivity index (χ0n) is 10.8. The maximum Gasteiger partial charge on any atom is 0.326 e. The Morgan fingerprint density at radius 2 is 1.95 bits per heavy atom. The van der Waals surface area contributed by atoms with Crippen LogP contribution in [0, 0.1) is 0 Å². The van der Waals surface area contributed by atoms with Crippen LogP contribution in [0.2, 0.25) is 0 Å². The third-order valence-corrected chi connectivity index (χ3v) is 2.85. The first kappa shape index (κ1) is 14.4. The molecule has 1 aromatic carbocycles. The Balaban J connectivity index is 2.20. The molecule has 2 rings (SSSR count). The van der Waals surface area contributed by atoms with Gasteiger partial charge in [0, 0.05) is 17.1 Å². The number of pyridine rings is 1. The van der Waals surface area contributed by atoms with Crippen molar-refractivity contribution in [3.05, 3.63) is 42.1 Å². The van der Waals surface area contributed by atoms with Crippen LogP contribution in [0.3, 0.4) is 0 Å². The number of fused-ring (bicyclic) bond motifs is 1. The Morgan fingerprint density at radius 1 is 1.19 bits per heavy atom. The molecule has 108 valence electrons. The van der Waals surface area contributed by atoms with Crippen molar-refractivity contribution in [1.29, 1.82) is 0 Å². The van der Waals surface area contributed by atoms with E-state index in [1.165, 1.54) is 6.07 Å². The van der Waals surface area contributed by atoms with E-state index in [4.69, 9.17) is 10.2 Å². The Hall–Kier alpha value is -2.96. The van der Waals surface area contributed by atoms with E-state index in [2.05, 4.69) is 10.3 Å². The first-order chi connectivity index (χ1) is 9.97. The third-order valence-electron chi connectivity index (χ3n) is 2.85. The number of aromatic nitrogens is 1. The van der Waals surface area contributed by atoms with Crippen LogP contribution in [-0.2, 0) is 9.59 Å². The van der Waals surface area contributed by atoms with Crippen molar-refractivity contribution in [3.8, 4) is 0 Å². The van der Waals surface area contributed by atoms with E-state index in [-0.39, 0.29) is 5.56 Å². The molecule has 1 atom stereocenters. The lowest BCUT2D eigenvalue weighted by Crippen LogP contribution is -2.42. The van der Waals surface area contributed by atoms with Crippen molar-refractivity contribution in [2.45, 2.75) is 12.5 Å². The summed E-state index contributed by atoms with van der Waals surface area (Å²) in [4.78, 5) is 37.6. The fourth-order valence-electron chi connectivity index (χ4n) is 1.83. The third kappa shape index (κ3) is 3.53. The SMILES string of the molecule is O=C(O)C[C@@H](NC(=O)c1ccc2ncccc2c1)C(=O)O. The summed E-state index contributed by atoms with van der Waals surface area (Å²) in [6, 6.07) is 6.72. The number of carboxylic acid groups (broad SMARTS) is 2. The molecular weight excluding hydrogens is 276 g/mol. The number of aliphatic carboxylic acids is 2. The molecule has 0 aliphatic heterocycles. The van der Waals surface area contributed by atoms with Crippen LogP contribution in [0.25, 0.3) is 10.9 Å². The molecule has 0 radical (unpaired) electrons. The summed E-state index contributed by atoms with van der Waals surface area (Å²) < 4.78 is 0. The van der Waals surface area contributed by atoms with Crippen LogP contribution < -0.4 is 5.32 Å². The van der Waals surface area contributed by atoms with Gasteiger partial charge in [0.2, 0.25) is 0 Å². The molecule has 0 saturated heterocycles. The molecule has 7 nitrogen and oxygen atoms in total. The monoisotopic (exact) mass is 288 g/mol. The molecule has 0 saturated carbocycles. The molecule has 0 aliphatic rings. The topological polar surface area (TPSA) is 117 Å². The largest absolute Gasteiger partial charge is 0.481 e. The summed E-state index contributed by atoms with van der Waals surface area (Å²) in [5.74, 6) is -3.34. The number of amides is 1. The quantitative estimate of drug-likeness (QED) is 0.752. The van der Waals surface area contributed by atoms with Gasteiger partial charge in [-0.2, -0.15) is 0 Å². The molecule has 0 unspecified atom stereocenters. The number of carbonyl (C=O) groups excluding carboxylic acids is 1. The number of nitrogens with one attached hydrogen (secondary N) is 1. The van der Waals surface area contributed by atoms with Gasteiger partial charge in [0.15, 0.2) is 0 Å². The van der Waals surface area contributed by atoms with Gasteiger partial charge in [-0.3, -0.25) is 14.6 Å². The summed E-state index contributed by atoms with van der Waals surface area (Å²) >= 11 is 0. The van der Waals surface area contributed by atoms with E-state index >= 15 is 0 Å².